The zero-order valence-corrected chi connectivity index (χ0v) is 19.4. The van der Waals surface area contributed by atoms with E-state index in [1.165, 1.54) is 11.8 Å². The minimum atomic E-state index is -0.251. The molecule has 1 amide bonds. The van der Waals surface area contributed by atoms with Gasteiger partial charge in [0.2, 0.25) is 6.79 Å². The highest BCUT2D eigenvalue weighted by molar-refractivity contribution is 7.99. The van der Waals surface area contributed by atoms with Crippen molar-refractivity contribution in [3.8, 4) is 17.2 Å². The van der Waals surface area contributed by atoms with Gasteiger partial charge in [0, 0.05) is 11.4 Å². The topological polar surface area (TPSA) is 103 Å². The molecular weight excluding hydrogens is 464 g/mol. The van der Waals surface area contributed by atoms with Crippen molar-refractivity contribution in [2.24, 2.45) is 5.10 Å². The molecule has 2 N–H and O–H groups in total. The van der Waals surface area contributed by atoms with Crippen LogP contribution in [0, 0.1) is 0 Å². The van der Waals surface area contributed by atoms with Crippen LogP contribution >= 0.6 is 11.8 Å². The van der Waals surface area contributed by atoms with Gasteiger partial charge in [0.05, 0.1) is 18.5 Å². The molecular formula is C25H22N6O3S. The number of nitrogens with zero attached hydrogens (tertiary/aromatic N) is 4. The maximum absolute atomic E-state index is 12.4. The van der Waals surface area contributed by atoms with E-state index >= 15 is 0 Å². The van der Waals surface area contributed by atoms with E-state index in [0.29, 0.717) is 23.2 Å². The van der Waals surface area contributed by atoms with Crippen molar-refractivity contribution in [2.45, 2.75) is 11.7 Å². The van der Waals surface area contributed by atoms with E-state index in [-0.39, 0.29) is 18.5 Å². The molecule has 2 heterocycles. The van der Waals surface area contributed by atoms with Crippen molar-refractivity contribution < 1.29 is 14.3 Å². The monoisotopic (exact) mass is 486 g/mol. The molecule has 0 aliphatic carbocycles. The fourth-order valence-electron chi connectivity index (χ4n) is 3.42. The molecule has 4 aromatic rings. The molecule has 3 aromatic carbocycles. The van der Waals surface area contributed by atoms with Crippen LogP contribution in [0.4, 0.5) is 5.69 Å². The summed E-state index contributed by atoms with van der Waals surface area (Å²) in [4.78, 5) is 12.4. The number of thioether (sulfide) groups is 1. The zero-order chi connectivity index (χ0) is 23.9. The minimum Gasteiger partial charge on any atom is -0.454 e. The van der Waals surface area contributed by atoms with Crippen LogP contribution in [0.25, 0.3) is 5.69 Å². The Hall–Kier alpha value is -4.31. The number of para-hydroxylation sites is 2. The van der Waals surface area contributed by atoms with Crippen molar-refractivity contribution >= 4 is 29.6 Å². The second-order valence-corrected chi connectivity index (χ2v) is 8.43. The predicted molar refractivity (Wildman–Crippen MR) is 134 cm³/mol. The standard InChI is InChI=1S/C25H22N6O3S/c32-24(29-27-14-18-11-12-21-22(13-18)34-17-33-21)16-35-25-30-28-23(15-26-19-7-3-1-4-8-19)31(25)20-9-5-2-6-10-20/h1-14,26H,15-17H2,(H,29,32)/b27-14-. The van der Waals surface area contributed by atoms with E-state index in [0.717, 1.165) is 22.8 Å². The molecule has 0 saturated carbocycles. The quantitative estimate of drug-likeness (QED) is 0.210. The fraction of sp³-hybridized carbons (Fsp3) is 0.120. The maximum Gasteiger partial charge on any atom is 0.250 e. The molecule has 0 radical (unpaired) electrons. The molecule has 1 aliphatic rings. The number of hydrogen-bond donors (Lipinski definition) is 2. The van der Waals surface area contributed by atoms with Gasteiger partial charge < -0.3 is 14.8 Å². The Kier molecular flexibility index (Phi) is 6.90. The van der Waals surface area contributed by atoms with Crippen molar-refractivity contribution in [3.05, 3.63) is 90.3 Å². The van der Waals surface area contributed by atoms with Crippen molar-refractivity contribution in [2.75, 3.05) is 17.9 Å². The molecule has 1 aliphatic heterocycles. The Bertz CT molecular complexity index is 1330. The first-order valence-electron chi connectivity index (χ1n) is 10.9. The third-order valence-corrected chi connectivity index (χ3v) is 6.00. The van der Waals surface area contributed by atoms with Crippen LogP contribution in [0.2, 0.25) is 0 Å². The highest BCUT2D eigenvalue weighted by Gasteiger charge is 2.16. The lowest BCUT2D eigenvalue weighted by Crippen LogP contribution is -2.20. The molecule has 10 heteroatoms. The maximum atomic E-state index is 12.4. The number of amides is 1. The molecule has 9 nitrogen and oxygen atoms in total. The first-order valence-corrected chi connectivity index (χ1v) is 11.9. The SMILES string of the molecule is O=C(CSc1nnc(CNc2ccccc2)n1-c1ccccc1)N/N=C\c1ccc2c(c1)OCO2. The number of nitrogens with one attached hydrogen (secondary N) is 2. The highest BCUT2D eigenvalue weighted by atomic mass is 32.2. The second kappa shape index (κ2) is 10.7. The van der Waals surface area contributed by atoms with Gasteiger partial charge in [0.1, 0.15) is 0 Å². The lowest BCUT2D eigenvalue weighted by atomic mass is 10.2. The molecule has 0 saturated heterocycles. The Balaban J connectivity index is 1.22. The average Bonchev–Trinajstić information content (AvgIpc) is 3.54. The number of hydrazone groups is 1. The van der Waals surface area contributed by atoms with E-state index in [2.05, 4.69) is 26.0 Å². The molecule has 0 atom stereocenters. The largest absolute Gasteiger partial charge is 0.454 e. The van der Waals surface area contributed by atoms with Gasteiger partial charge in [0.15, 0.2) is 22.5 Å². The van der Waals surface area contributed by atoms with Crippen LogP contribution in [-0.4, -0.2) is 39.4 Å². The summed E-state index contributed by atoms with van der Waals surface area (Å²) in [5.74, 6) is 1.98. The van der Waals surface area contributed by atoms with Crippen molar-refractivity contribution in [1.29, 1.82) is 0 Å². The average molecular weight is 487 g/mol. The smallest absolute Gasteiger partial charge is 0.250 e. The summed E-state index contributed by atoms with van der Waals surface area (Å²) in [7, 11) is 0. The van der Waals surface area contributed by atoms with Gasteiger partial charge in [-0.2, -0.15) is 5.10 Å². The zero-order valence-electron chi connectivity index (χ0n) is 18.6. The molecule has 0 bridgehead atoms. The summed E-state index contributed by atoms with van der Waals surface area (Å²) in [5.41, 5.74) is 5.25. The Labute approximate surface area is 206 Å². The Morgan fingerprint density at radius 1 is 1.00 bits per heavy atom. The predicted octanol–water partition coefficient (Wildman–Crippen LogP) is 3.85. The van der Waals surface area contributed by atoms with Crippen LogP contribution in [-0.2, 0) is 11.3 Å². The second-order valence-electron chi connectivity index (χ2n) is 7.48. The Morgan fingerprint density at radius 3 is 2.60 bits per heavy atom. The van der Waals surface area contributed by atoms with Gasteiger partial charge >= 0.3 is 0 Å². The van der Waals surface area contributed by atoms with Crippen molar-refractivity contribution in [3.63, 3.8) is 0 Å². The van der Waals surface area contributed by atoms with Gasteiger partial charge in [-0.25, -0.2) is 5.43 Å². The number of benzene rings is 3. The fourth-order valence-corrected chi connectivity index (χ4v) is 4.18. The van der Waals surface area contributed by atoms with Crippen LogP contribution < -0.4 is 20.2 Å². The number of aromatic nitrogens is 3. The number of rotatable bonds is 9. The first-order chi connectivity index (χ1) is 17.3. The number of fused-ring (bicyclic) bond motifs is 1. The minimum absolute atomic E-state index is 0.134. The molecule has 0 spiro atoms. The Morgan fingerprint density at radius 2 is 1.77 bits per heavy atom. The molecule has 176 valence electrons. The molecule has 5 rings (SSSR count). The van der Waals surface area contributed by atoms with Gasteiger partial charge in [-0.1, -0.05) is 48.2 Å². The lowest BCUT2D eigenvalue weighted by molar-refractivity contribution is -0.118. The first kappa shape index (κ1) is 22.5. The number of anilines is 1. The van der Waals surface area contributed by atoms with E-state index in [9.17, 15) is 4.79 Å². The summed E-state index contributed by atoms with van der Waals surface area (Å²) in [6.07, 6.45) is 1.56. The summed E-state index contributed by atoms with van der Waals surface area (Å²) in [5, 5.41) is 16.7. The van der Waals surface area contributed by atoms with E-state index in [4.69, 9.17) is 9.47 Å². The third kappa shape index (κ3) is 5.61. The van der Waals surface area contributed by atoms with E-state index in [1.54, 1.807) is 12.3 Å². The van der Waals surface area contributed by atoms with Crippen molar-refractivity contribution in [1.82, 2.24) is 20.2 Å². The van der Waals surface area contributed by atoms with Crippen LogP contribution in [0.15, 0.2) is 89.1 Å². The third-order valence-electron chi connectivity index (χ3n) is 5.07. The number of carbonyl (C=O) groups excluding carboxylic acids is 1. The summed E-state index contributed by atoms with van der Waals surface area (Å²) >= 11 is 1.29. The lowest BCUT2D eigenvalue weighted by Gasteiger charge is -2.11. The molecule has 35 heavy (non-hydrogen) atoms. The summed E-state index contributed by atoms with van der Waals surface area (Å²) in [6, 6.07) is 25.2. The molecule has 1 aromatic heterocycles. The van der Waals surface area contributed by atoms with Crippen LogP contribution in [0.1, 0.15) is 11.4 Å². The van der Waals surface area contributed by atoms with Gasteiger partial charge in [0.25, 0.3) is 5.91 Å². The highest BCUT2D eigenvalue weighted by Crippen LogP contribution is 2.32. The summed E-state index contributed by atoms with van der Waals surface area (Å²) in [6.45, 7) is 0.694. The van der Waals surface area contributed by atoms with Crippen LogP contribution in [0.5, 0.6) is 11.5 Å². The van der Waals surface area contributed by atoms with Crippen LogP contribution in [0.3, 0.4) is 0 Å². The number of carbonyl (C=O) groups is 1. The van der Waals surface area contributed by atoms with E-state index < -0.39 is 0 Å². The van der Waals surface area contributed by atoms with E-state index in [1.807, 2.05) is 77.4 Å². The van der Waals surface area contributed by atoms with Gasteiger partial charge in [-0.15, -0.1) is 10.2 Å². The number of ether oxygens (including phenoxy) is 2. The van der Waals surface area contributed by atoms with Gasteiger partial charge in [-0.05, 0) is 48.0 Å². The number of hydrogen-bond acceptors (Lipinski definition) is 8. The summed E-state index contributed by atoms with van der Waals surface area (Å²) < 4.78 is 12.6. The normalized spacial score (nSPS) is 12.1. The van der Waals surface area contributed by atoms with Gasteiger partial charge in [-0.3, -0.25) is 9.36 Å². The molecule has 0 unspecified atom stereocenters. The molecule has 0 fully saturated rings.